The normalized spacial score (nSPS) is 10.7. The number of aryl methyl sites for hydroxylation is 1. The molecule has 1 aromatic rings. The van der Waals surface area contributed by atoms with Crippen LogP contribution in [0.2, 0.25) is 0 Å². The summed E-state index contributed by atoms with van der Waals surface area (Å²) in [6.07, 6.45) is 10.2. The number of carbonyl (C=O) groups excluding carboxylic acids is 1. The van der Waals surface area contributed by atoms with Gasteiger partial charge in [-0.25, -0.2) is 0 Å². The number of hydrogen-bond donors (Lipinski definition) is 0. The summed E-state index contributed by atoms with van der Waals surface area (Å²) in [6.45, 7) is 0. The molecule has 1 heteroatoms. The Morgan fingerprint density at radius 3 is 2.40 bits per heavy atom. The number of unbranched alkanes of at least 4 members (excludes halogenated alkanes) is 2. The molecule has 80 valence electrons. The largest absolute Gasteiger partial charge is 0.303 e. The molecule has 0 heterocycles. The van der Waals surface area contributed by atoms with Gasteiger partial charge in [-0.3, -0.25) is 0 Å². The lowest BCUT2D eigenvalue weighted by Crippen LogP contribution is -1.81. The third-order valence-electron chi connectivity index (χ3n) is 2.30. The summed E-state index contributed by atoms with van der Waals surface area (Å²) in [7, 11) is 0. The standard InChI is InChI=1S/C14H18O/c15-13-9-4-2-1-3-6-10-14-11-7-5-8-12-14/h1,3,5,7-8,11-13H,2,4,6,9-10H2. The van der Waals surface area contributed by atoms with Gasteiger partial charge in [0.25, 0.3) is 0 Å². The highest BCUT2D eigenvalue weighted by Gasteiger charge is 1.88. The minimum Gasteiger partial charge on any atom is -0.303 e. The Morgan fingerprint density at radius 1 is 0.933 bits per heavy atom. The molecular weight excluding hydrogens is 184 g/mol. The molecule has 0 saturated carbocycles. The van der Waals surface area contributed by atoms with Crippen molar-refractivity contribution in [2.24, 2.45) is 0 Å². The van der Waals surface area contributed by atoms with Crippen LogP contribution >= 0.6 is 0 Å². The molecular formula is C14H18O. The lowest BCUT2D eigenvalue weighted by Gasteiger charge is -1.96. The van der Waals surface area contributed by atoms with Crippen molar-refractivity contribution in [1.29, 1.82) is 0 Å². The van der Waals surface area contributed by atoms with Crippen LogP contribution in [-0.2, 0) is 11.2 Å². The fourth-order valence-electron chi connectivity index (χ4n) is 1.45. The van der Waals surface area contributed by atoms with E-state index < -0.39 is 0 Å². The van der Waals surface area contributed by atoms with Crippen molar-refractivity contribution in [3.63, 3.8) is 0 Å². The summed E-state index contributed by atoms with van der Waals surface area (Å²) in [4.78, 5) is 10.1. The van der Waals surface area contributed by atoms with E-state index in [1.807, 2.05) is 6.07 Å². The Morgan fingerprint density at radius 2 is 1.67 bits per heavy atom. The molecule has 1 rings (SSSR count). The summed E-state index contributed by atoms with van der Waals surface area (Å²) in [6, 6.07) is 10.5. The summed E-state index contributed by atoms with van der Waals surface area (Å²) >= 11 is 0. The van der Waals surface area contributed by atoms with E-state index in [2.05, 4.69) is 36.4 Å². The molecule has 0 saturated heterocycles. The lowest BCUT2D eigenvalue weighted by molar-refractivity contribution is -0.107. The van der Waals surface area contributed by atoms with Gasteiger partial charge in [-0.2, -0.15) is 0 Å². The van der Waals surface area contributed by atoms with Crippen molar-refractivity contribution in [3.8, 4) is 0 Å². The Labute approximate surface area is 91.8 Å². The fourth-order valence-corrected chi connectivity index (χ4v) is 1.45. The maximum atomic E-state index is 10.1. The Balaban J connectivity index is 2.08. The van der Waals surface area contributed by atoms with Gasteiger partial charge in [0.1, 0.15) is 6.29 Å². The van der Waals surface area contributed by atoms with Gasteiger partial charge in [0.05, 0.1) is 0 Å². The maximum absolute atomic E-state index is 10.1. The van der Waals surface area contributed by atoms with E-state index in [1.54, 1.807) is 0 Å². The van der Waals surface area contributed by atoms with Crippen LogP contribution in [0.15, 0.2) is 42.5 Å². The van der Waals surface area contributed by atoms with E-state index in [0.717, 1.165) is 32.0 Å². The summed E-state index contributed by atoms with van der Waals surface area (Å²) in [5.41, 5.74) is 1.38. The van der Waals surface area contributed by atoms with Crippen LogP contribution in [0.1, 0.15) is 31.2 Å². The number of benzene rings is 1. The first-order chi connectivity index (χ1) is 7.43. The van der Waals surface area contributed by atoms with Crippen LogP contribution in [-0.4, -0.2) is 6.29 Å². The van der Waals surface area contributed by atoms with Crippen molar-refractivity contribution >= 4 is 6.29 Å². The minimum atomic E-state index is 0.684. The first-order valence-electron chi connectivity index (χ1n) is 5.56. The topological polar surface area (TPSA) is 17.1 Å². The van der Waals surface area contributed by atoms with Gasteiger partial charge in [-0.1, -0.05) is 42.5 Å². The molecule has 0 aliphatic heterocycles. The Bertz CT molecular complexity index is 287. The zero-order valence-electron chi connectivity index (χ0n) is 9.06. The van der Waals surface area contributed by atoms with Crippen LogP contribution in [0.25, 0.3) is 0 Å². The highest BCUT2D eigenvalue weighted by atomic mass is 16.1. The van der Waals surface area contributed by atoms with E-state index >= 15 is 0 Å². The predicted octanol–water partition coefficient (Wildman–Crippen LogP) is 3.54. The maximum Gasteiger partial charge on any atom is 0.120 e. The van der Waals surface area contributed by atoms with E-state index in [4.69, 9.17) is 0 Å². The number of hydrogen-bond acceptors (Lipinski definition) is 1. The second-order valence-corrected chi connectivity index (χ2v) is 3.59. The molecule has 0 aromatic heterocycles. The zero-order valence-corrected chi connectivity index (χ0v) is 9.06. The van der Waals surface area contributed by atoms with Crippen molar-refractivity contribution in [1.82, 2.24) is 0 Å². The average molecular weight is 202 g/mol. The Kier molecular flexibility index (Phi) is 6.23. The van der Waals surface area contributed by atoms with Crippen LogP contribution in [0, 0.1) is 0 Å². The minimum absolute atomic E-state index is 0.684. The average Bonchev–Trinajstić information content (AvgIpc) is 2.29. The highest BCUT2D eigenvalue weighted by Crippen LogP contribution is 2.03. The molecule has 0 atom stereocenters. The van der Waals surface area contributed by atoms with Gasteiger partial charge in [-0.05, 0) is 31.2 Å². The van der Waals surface area contributed by atoms with Gasteiger partial charge in [0, 0.05) is 6.42 Å². The summed E-state index contributed by atoms with van der Waals surface area (Å²) in [5.74, 6) is 0. The van der Waals surface area contributed by atoms with Crippen molar-refractivity contribution < 1.29 is 4.79 Å². The predicted molar refractivity (Wildman–Crippen MR) is 63.8 cm³/mol. The highest BCUT2D eigenvalue weighted by molar-refractivity contribution is 5.48. The zero-order chi connectivity index (χ0) is 10.8. The van der Waals surface area contributed by atoms with Crippen LogP contribution in [0.4, 0.5) is 0 Å². The lowest BCUT2D eigenvalue weighted by atomic mass is 10.1. The van der Waals surface area contributed by atoms with Crippen LogP contribution < -0.4 is 0 Å². The monoisotopic (exact) mass is 202 g/mol. The molecule has 0 amide bonds. The summed E-state index contributed by atoms with van der Waals surface area (Å²) in [5, 5.41) is 0. The van der Waals surface area contributed by atoms with Gasteiger partial charge >= 0.3 is 0 Å². The molecule has 0 spiro atoms. The van der Waals surface area contributed by atoms with E-state index in [0.29, 0.717) is 6.42 Å². The SMILES string of the molecule is O=CCCCC=CCCc1ccccc1. The number of rotatable bonds is 7. The van der Waals surface area contributed by atoms with E-state index in [9.17, 15) is 4.79 Å². The first kappa shape index (κ1) is 11.7. The third kappa shape index (κ3) is 5.84. The quantitative estimate of drug-likeness (QED) is 0.375. The second-order valence-electron chi connectivity index (χ2n) is 3.59. The molecule has 1 aromatic carbocycles. The van der Waals surface area contributed by atoms with Crippen molar-refractivity contribution in [2.45, 2.75) is 32.1 Å². The Hall–Kier alpha value is -1.37. The smallest absolute Gasteiger partial charge is 0.120 e. The van der Waals surface area contributed by atoms with Crippen LogP contribution in [0.5, 0.6) is 0 Å². The molecule has 0 unspecified atom stereocenters. The van der Waals surface area contributed by atoms with Gasteiger partial charge in [-0.15, -0.1) is 0 Å². The van der Waals surface area contributed by atoms with Gasteiger partial charge in [0.15, 0.2) is 0 Å². The van der Waals surface area contributed by atoms with Gasteiger partial charge in [0.2, 0.25) is 0 Å². The molecule has 1 nitrogen and oxygen atoms in total. The molecule has 0 N–H and O–H groups in total. The van der Waals surface area contributed by atoms with Crippen molar-refractivity contribution in [3.05, 3.63) is 48.0 Å². The first-order valence-corrected chi connectivity index (χ1v) is 5.56. The van der Waals surface area contributed by atoms with Gasteiger partial charge < -0.3 is 4.79 Å². The third-order valence-corrected chi connectivity index (χ3v) is 2.30. The number of aldehydes is 1. The number of carbonyl (C=O) groups is 1. The molecule has 0 radical (unpaired) electrons. The molecule has 0 fully saturated rings. The fraction of sp³-hybridized carbons (Fsp3) is 0.357. The molecule has 15 heavy (non-hydrogen) atoms. The summed E-state index contributed by atoms with van der Waals surface area (Å²) < 4.78 is 0. The second kappa shape index (κ2) is 7.98. The van der Waals surface area contributed by atoms with Crippen molar-refractivity contribution in [2.75, 3.05) is 0 Å². The molecule has 0 aliphatic carbocycles. The van der Waals surface area contributed by atoms with Crippen LogP contribution in [0.3, 0.4) is 0 Å². The molecule has 0 bridgehead atoms. The molecule has 0 aliphatic rings. The van der Waals surface area contributed by atoms with E-state index in [-0.39, 0.29) is 0 Å². The number of allylic oxidation sites excluding steroid dienone is 2. The van der Waals surface area contributed by atoms with E-state index in [1.165, 1.54) is 5.56 Å².